The van der Waals surface area contributed by atoms with Gasteiger partial charge >= 0.3 is 6.09 Å². The van der Waals surface area contributed by atoms with Gasteiger partial charge < -0.3 is 14.8 Å². The molecule has 2 N–H and O–H groups in total. The van der Waals surface area contributed by atoms with Gasteiger partial charge in [0.25, 0.3) is 0 Å². The molecule has 1 heterocycles. The second kappa shape index (κ2) is 11.8. The monoisotopic (exact) mass is 425 g/mol. The summed E-state index contributed by atoms with van der Waals surface area (Å²) >= 11 is 0. The van der Waals surface area contributed by atoms with Crippen molar-refractivity contribution in [3.05, 3.63) is 53.8 Å². The normalized spacial score (nSPS) is 16.0. The summed E-state index contributed by atoms with van der Waals surface area (Å²) in [7, 11) is 1.79. The van der Waals surface area contributed by atoms with Crippen molar-refractivity contribution in [2.24, 2.45) is 0 Å². The number of nitrogens with one attached hydrogen (secondary N) is 2. The number of halogens is 1. The Morgan fingerprint density at radius 2 is 2.00 bits per heavy atom. The molecule has 1 aliphatic heterocycles. The predicted molar refractivity (Wildman–Crippen MR) is 120 cm³/mol. The Bertz CT molecular complexity index is 925. The lowest BCUT2D eigenvalue weighted by Crippen LogP contribution is -2.29. The molecule has 0 radical (unpaired) electrons. The third kappa shape index (κ3) is 6.64. The van der Waals surface area contributed by atoms with Crippen LogP contribution < -0.4 is 15.5 Å². The molecule has 2 atom stereocenters. The highest BCUT2D eigenvalue weighted by Gasteiger charge is 2.32. The minimum Gasteiger partial charge on any atom is -0.443 e. The summed E-state index contributed by atoms with van der Waals surface area (Å²) in [6, 6.07) is 12.4. The fraction of sp³-hybridized carbons (Fsp3) is 0.333. The van der Waals surface area contributed by atoms with E-state index in [0.29, 0.717) is 30.9 Å². The van der Waals surface area contributed by atoms with Crippen molar-refractivity contribution in [3.63, 3.8) is 0 Å². The van der Waals surface area contributed by atoms with Gasteiger partial charge in [0, 0.05) is 18.7 Å². The quantitative estimate of drug-likeness (QED) is 0.526. The first-order chi connectivity index (χ1) is 14.9. The molecule has 0 aromatic heterocycles. The number of cyclic esters (lactones) is 1. The van der Waals surface area contributed by atoms with Crippen LogP contribution in [0.25, 0.3) is 11.1 Å². The summed E-state index contributed by atoms with van der Waals surface area (Å²) < 4.78 is 20.0. The van der Waals surface area contributed by atoms with Crippen LogP contribution in [-0.4, -0.2) is 44.7 Å². The zero-order chi connectivity index (χ0) is 22.8. The van der Waals surface area contributed by atoms with Gasteiger partial charge in [0.2, 0.25) is 0 Å². The summed E-state index contributed by atoms with van der Waals surface area (Å²) in [6.07, 6.45) is 5.41. The molecule has 1 amide bonds. The van der Waals surface area contributed by atoms with Crippen LogP contribution in [0.4, 0.5) is 14.9 Å². The third-order valence-electron chi connectivity index (χ3n) is 4.70. The summed E-state index contributed by atoms with van der Waals surface area (Å²) in [6.45, 7) is 4.97. The van der Waals surface area contributed by atoms with Gasteiger partial charge in [-0.05, 0) is 50.2 Å². The number of anilines is 1. The molecular weight excluding hydrogens is 397 g/mol. The van der Waals surface area contributed by atoms with Crippen LogP contribution in [0.1, 0.15) is 19.4 Å². The first-order valence-corrected chi connectivity index (χ1v) is 10.0. The fourth-order valence-corrected chi connectivity index (χ4v) is 3.10. The average Bonchev–Trinajstić information content (AvgIpc) is 3.13. The highest BCUT2D eigenvalue weighted by atomic mass is 19.1. The highest BCUT2D eigenvalue weighted by Crippen LogP contribution is 2.29. The standard InChI is InChI=1S/C22H24FN3O2.C2H4O/c1-4-15(2)25-12-16-5-7-17(8-6-16)20-10-9-18(11-21(20)23)26-14-19(13-24-3)28-22(26)27;1-2-3/h1,5-11,15,19,24-25H,12-14H2,2-3H3;2H,1H3. The number of carbonyl (C=O) groups is 2. The van der Waals surface area contributed by atoms with E-state index in [9.17, 15) is 9.18 Å². The summed E-state index contributed by atoms with van der Waals surface area (Å²) in [5, 5.41) is 6.19. The molecule has 0 bridgehead atoms. The molecular formula is C24H28FN3O3. The van der Waals surface area contributed by atoms with Gasteiger partial charge in [0.15, 0.2) is 0 Å². The number of amides is 1. The van der Waals surface area contributed by atoms with E-state index >= 15 is 0 Å². The maximum absolute atomic E-state index is 14.7. The molecule has 1 saturated heterocycles. The van der Waals surface area contributed by atoms with Gasteiger partial charge in [-0.25, -0.2) is 9.18 Å². The topological polar surface area (TPSA) is 70.7 Å². The predicted octanol–water partition coefficient (Wildman–Crippen LogP) is 3.35. The fourth-order valence-electron chi connectivity index (χ4n) is 3.10. The van der Waals surface area contributed by atoms with E-state index in [0.717, 1.165) is 17.4 Å². The first kappa shape index (κ1) is 24.1. The van der Waals surface area contributed by atoms with Gasteiger partial charge in [-0.1, -0.05) is 30.2 Å². The number of carbonyl (C=O) groups excluding carboxylic acids is 2. The number of aldehydes is 1. The van der Waals surface area contributed by atoms with Gasteiger partial charge in [-0.15, -0.1) is 6.42 Å². The van der Waals surface area contributed by atoms with Crippen LogP contribution in [0.3, 0.4) is 0 Å². The van der Waals surface area contributed by atoms with Gasteiger partial charge in [-0.3, -0.25) is 10.2 Å². The number of hydrogen-bond donors (Lipinski definition) is 2. The van der Waals surface area contributed by atoms with Gasteiger partial charge in [0.05, 0.1) is 18.3 Å². The van der Waals surface area contributed by atoms with Gasteiger partial charge in [0.1, 0.15) is 18.2 Å². The van der Waals surface area contributed by atoms with Crippen molar-refractivity contribution in [1.29, 1.82) is 0 Å². The average molecular weight is 426 g/mol. The van der Waals surface area contributed by atoms with E-state index in [1.807, 2.05) is 31.2 Å². The van der Waals surface area contributed by atoms with E-state index in [4.69, 9.17) is 16.0 Å². The van der Waals surface area contributed by atoms with Crippen LogP contribution in [-0.2, 0) is 16.1 Å². The number of nitrogens with zero attached hydrogens (tertiary/aromatic N) is 1. The molecule has 0 saturated carbocycles. The molecule has 0 spiro atoms. The molecule has 1 aliphatic rings. The minimum atomic E-state index is -0.453. The van der Waals surface area contributed by atoms with E-state index in [-0.39, 0.29) is 18.0 Å². The van der Waals surface area contributed by atoms with Crippen molar-refractivity contribution >= 4 is 18.1 Å². The maximum atomic E-state index is 14.7. The number of benzene rings is 2. The largest absolute Gasteiger partial charge is 0.443 e. The Morgan fingerprint density at radius 3 is 2.58 bits per heavy atom. The molecule has 2 aromatic carbocycles. The van der Waals surface area contributed by atoms with Crippen molar-refractivity contribution in [2.45, 2.75) is 32.5 Å². The summed E-state index contributed by atoms with van der Waals surface area (Å²) in [5.41, 5.74) is 2.82. The molecule has 164 valence electrons. The minimum absolute atomic E-state index is 0.00496. The second-order valence-corrected chi connectivity index (χ2v) is 7.04. The van der Waals surface area contributed by atoms with Gasteiger partial charge in [-0.2, -0.15) is 0 Å². The number of likely N-dealkylation sites (N-methyl/N-ethyl adjacent to an activating group) is 1. The number of hydrogen-bond acceptors (Lipinski definition) is 5. The SMILES string of the molecule is C#CC(C)NCc1ccc(-c2ccc(N3CC(CNC)OC3=O)cc2F)cc1.CC=O. The van der Waals surface area contributed by atoms with Crippen molar-refractivity contribution in [3.8, 4) is 23.5 Å². The van der Waals surface area contributed by atoms with E-state index in [2.05, 4.69) is 16.6 Å². The van der Waals surface area contributed by atoms with Crippen LogP contribution in [0.15, 0.2) is 42.5 Å². The number of ether oxygens (including phenoxy) is 1. The Hall–Kier alpha value is -3.21. The molecule has 0 aliphatic carbocycles. The second-order valence-electron chi connectivity index (χ2n) is 7.04. The van der Waals surface area contributed by atoms with Crippen LogP contribution in [0, 0.1) is 18.2 Å². The molecule has 2 unspecified atom stereocenters. The molecule has 7 heteroatoms. The van der Waals surface area contributed by atoms with E-state index in [1.54, 1.807) is 19.2 Å². The number of rotatable bonds is 7. The third-order valence-corrected chi connectivity index (χ3v) is 4.70. The first-order valence-electron chi connectivity index (χ1n) is 10.0. The molecule has 1 fully saturated rings. The summed E-state index contributed by atoms with van der Waals surface area (Å²) in [4.78, 5) is 22.3. The van der Waals surface area contributed by atoms with Crippen molar-refractivity contribution in [2.75, 3.05) is 25.0 Å². The Balaban J connectivity index is 0.00000107. The van der Waals surface area contributed by atoms with E-state index in [1.165, 1.54) is 17.9 Å². The lowest BCUT2D eigenvalue weighted by molar-refractivity contribution is -0.106. The number of terminal acetylenes is 1. The van der Waals surface area contributed by atoms with Crippen molar-refractivity contribution in [1.82, 2.24) is 10.6 Å². The van der Waals surface area contributed by atoms with Crippen molar-refractivity contribution < 1.29 is 18.7 Å². The summed E-state index contributed by atoms with van der Waals surface area (Å²) in [5.74, 6) is 2.24. The Labute approximate surface area is 182 Å². The molecule has 3 rings (SSSR count). The lowest BCUT2D eigenvalue weighted by Gasteiger charge is -2.15. The maximum Gasteiger partial charge on any atom is 0.414 e. The highest BCUT2D eigenvalue weighted by molar-refractivity contribution is 5.90. The lowest BCUT2D eigenvalue weighted by atomic mass is 10.0. The smallest absolute Gasteiger partial charge is 0.414 e. The zero-order valence-electron chi connectivity index (χ0n) is 18.0. The zero-order valence-corrected chi connectivity index (χ0v) is 18.0. The van der Waals surface area contributed by atoms with Crippen LogP contribution in [0.2, 0.25) is 0 Å². The molecule has 31 heavy (non-hydrogen) atoms. The Morgan fingerprint density at radius 1 is 1.32 bits per heavy atom. The molecule has 2 aromatic rings. The van der Waals surface area contributed by atoms with Crippen LogP contribution >= 0.6 is 0 Å². The van der Waals surface area contributed by atoms with Crippen LogP contribution in [0.5, 0.6) is 0 Å². The molecule has 6 nitrogen and oxygen atoms in total. The van der Waals surface area contributed by atoms with E-state index < -0.39 is 6.09 Å². The Kier molecular flexibility index (Phi) is 9.19.